The molecule has 3 aromatic heterocycles. The number of ether oxygens (including phenoxy) is 2. The maximum Gasteiger partial charge on any atom is 0.263 e. The molecular weight excluding hydrogens is 394 g/mol. The van der Waals surface area contributed by atoms with E-state index in [9.17, 15) is 4.79 Å². The van der Waals surface area contributed by atoms with Crippen molar-refractivity contribution in [2.75, 3.05) is 32.9 Å². The van der Waals surface area contributed by atoms with E-state index in [2.05, 4.69) is 16.3 Å². The van der Waals surface area contributed by atoms with E-state index in [1.165, 1.54) is 0 Å². The Morgan fingerprint density at radius 2 is 2.11 bits per heavy atom. The maximum atomic E-state index is 13.6. The molecular formula is C20H23N3O3S2. The van der Waals surface area contributed by atoms with Crippen LogP contribution in [0.25, 0.3) is 20.7 Å². The number of fused-ring (bicyclic) bond motifs is 1. The molecule has 148 valence electrons. The third-order valence-electron chi connectivity index (χ3n) is 5.44. The van der Waals surface area contributed by atoms with Crippen molar-refractivity contribution in [3.05, 3.63) is 39.1 Å². The van der Waals surface area contributed by atoms with E-state index in [1.807, 2.05) is 16.0 Å². The van der Waals surface area contributed by atoms with Crippen LogP contribution >= 0.6 is 22.7 Å². The SMILES string of the molecule is O=c1c2c(-c3cccs3)csc2nc(CN2CCOCC2)n1C[C@H]1CCCO1. The zero-order chi connectivity index (χ0) is 18.9. The summed E-state index contributed by atoms with van der Waals surface area (Å²) in [6, 6.07) is 4.09. The molecule has 0 radical (unpaired) electrons. The second kappa shape index (κ2) is 8.04. The van der Waals surface area contributed by atoms with Gasteiger partial charge in [0.15, 0.2) is 0 Å². The van der Waals surface area contributed by atoms with Crippen LogP contribution in [0.4, 0.5) is 0 Å². The predicted octanol–water partition coefficient (Wildman–Crippen LogP) is 3.20. The molecule has 0 bridgehead atoms. The first-order valence-corrected chi connectivity index (χ1v) is 11.5. The Balaban J connectivity index is 1.59. The molecule has 0 spiro atoms. The predicted molar refractivity (Wildman–Crippen MR) is 112 cm³/mol. The van der Waals surface area contributed by atoms with Crippen LogP contribution in [0.3, 0.4) is 0 Å². The van der Waals surface area contributed by atoms with Crippen molar-refractivity contribution >= 4 is 32.9 Å². The normalized spacial score (nSPS) is 20.9. The van der Waals surface area contributed by atoms with Crippen molar-refractivity contribution in [2.45, 2.75) is 32.0 Å². The molecule has 0 N–H and O–H groups in total. The van der Waals surface area contributed by atoms with Crippen molar-refractivity contribution in [3.63, 3.8) is 0 Å². The Bertz CT molecular complexity index is 1000. The number of hydrogen-bond acceptors (Lipinski definition) is 7. The average Bonchev–Trinajstić information content (AvgIpc) is 3.46. The van der Waals surface area contributed by atoms with Gasteiger partial charge in [0.25, 0.3) is 5.56 Å². The molecule has 6 nitrogen and oxygen atoms in total. The molecule has 2 aliphatic rings. The van der Waals surface area contributed by atoms with Crippen LogP contribution in [-0.2, 0) is 22.6 Å². The first-order valence-electron chi connectivity index (χ1n) is 9.76. The number of thiophene rings is 2. The monoisotopic (exact) mass is 417 g/mol. The van der Waals surface area contributed by atoms with Crippen LogP contribution in [0.15, 0.2) is 27.7 Å². The van der Waals surface area contributed by atoms with Crippen molar-refractivity contribution < 1.29 is 9.47 Å². The summed E-state index contributed by atoms with van der Waals surface area (Å²) in [5.41, 5.74) is 1.07. The van der Waals surface area contributed by atoms with Gasteiger partial charge in [-0.15, -0.1) is 22.7 Å². The van der Waals surface area contributed by atoms with Crippen LogP contribution in [0.1, 0.15) is 18.7 Å². The standard InChI is InChI=1S/C20H23N3O3S2/c24-20-18-15(16-4-2-10-27-16)13-28-19(18)21-17(12-22-5-8-25-9-6-22)23(20)11-14-3-1-7-26-14/h2,4,10,13-14H,1,3,5-9,11-12H2/t14-/m1/s1. The molecule has 28 heavy (non-hydrogen) atoms. The summed E-state index contributed by atoms with van der Waals surface area (Å²) in [4.78, 5) is 22.8. The highest BCUT2D eigenvalue weighted by Gasteiger charge is 2.23. The van der Waals surface area contributed by atoms with Gasteiger partial charge >= 0.3 is 0 Å². The molecule has 5 heterocycles. The summed E-state index contributed by atoms with van der Waals surface area (Å²) < 4.78 is 13.2. The van der Waals surface area contributed by atoms with Crippen molar-refractivity contribution in [2.24, 2.45) is 0 Å². The highest BCUT2D eigenvalue weighted by molar-refractivity contribution is 7.18. The molecule has 0 saturated carbocycles. The van der Waals surface area contributed by atoms with E-state index < -0.39 is 0 Å². The van der Waals surface area contributed by atoms with Gasteiger partial charge in [0.2, 0.25) is 0 Å². The number of aromatic nitrogens is 2. The molecule has 3 aromatic rings. The van der Waals surface area contributed by atoms with Gasteiger partial charge < -0.3 is 9.47 Å². The van der Waals surface area contributed by atoms with E-state index in [0.717, 1.165) is 72.2 Å². The van der Waals surface area contributed by atoms with Gasteiger partial charge in [-0.1, -0.05) is 6.07 Å². The number of nitrogens with zero attached hydrogens (tertiary/aromatic N) is 3. The Hall–Kier alpha value is -1.58. The van der Waals surface area contributed by atoms with E-state index in [1.54, 1.807) is 22.7 Å². The summed E-state index contributed by atoms with van der Waals surface area (Å²) >= 11 is 3.22. The minimum absolute atomic E-state index is 0.0633. The third-order valence-corrected chi connectivity index (χ3v) is 7.21. The van der Waals surface area contributed by atoms with Crippen molar-refractivity contribution in [3.8, 4) is 10.4 Å². The Labute approximate surface area is 171 Å². The van der Waals surface area contributed by atoms with Crippen LogP contribution in [0.5, 0.6) is 0 Å². The molecule has 0 aromatic carbocycles. The fourth-order valence-electron chi connectivity index (χ4n) is 3.94. The third kappa shape index (κ3) is 3.55. The molecule has 2 aliphatic heterocycles. The lowest BCUT2D eigenvalue weighted by Gasteiger charge is -2.27. The summed E-state index contributed by atoms with van der Waals surface area (Å²) in [6.45, 7) is 5.26. The van der Waals surface area contributed by atoms with E-state index in [0.29, 0.717) is 13.1 Å². The lowest BCUT2D eigenvalue weighted by molar-refractivity contribution is 0.0317. The molecule has 2 fully saturated rings. The van der Waals surface area contributed by atoms with Gasteiger partial charge in [-0.05, 0) is 24.3 Å². The lowest BCUT2D eigenvalue weighted by Crippen LogP contribution is -2.39. The quantitative estimate of drug-likeness (QED) is 0.638. The topological polar surface area (TPSA) is 56.6 Å². The second-order valence-corrected chi connectivity index (χ2v) is 9.08. The highest BCUT2D eigenvalue weighted by Crippen LogP contribution is 2.34. The van der Waals surface area contributed by atoms with E-state index >= 15 is 0 Å². The highest BCUT2D eigenvalue weighted by atomic mass is 32.1. The van der Waals surface area contributed by atoms with Gasteiger partial charge in [0, 0.05) is 35.5 Å². The summed E-state index contributed by atoms with van der Waals surface area (Å²) in [7, 11) is 0. The summed E-state index contributed by atoms with van der Waals surface area (Å²) in [6.07, 6.45) is 2.17. The minimum atomic E-state index is 0.0633. The van der Waals surface area contributed by atoms with Crippen molar-refractivity contribution in [1.29, 1.82) is 0 Å². The molecule has 0 unspecified atom stereocenters. The zero-order valence-electron chi connectivity index (χ0n) is 15.6. The first kappa shape index (κ1) is 18.4. The van der Waals surface area contributed by atoms with Crippen LogP contribution in [0, 0.1) is 0 Å². The van der Waals surface area contributed by atoms with Crippen LogP contribution in [-0.4, -0.2) is 53.5 Å². The van der Waals surface area contributed by atoms with Gasteiger partial charge in [0.05, 0.1) is 37.8 Å². The largest absolute Gasteiger partial charge is 0.379 e. The van der Waals surface area contributed by atoms with E-state index in [-0.39, 0.29) is 11.7 Å². The van der Waals surface area contributed by atoms with Crippen LogP contribution in [0.2, 0.25) is 0 Å². The zero-order valence-corrected chi connectivity index (χ0v) is 17.3. The van der Waals surface area contributed by atoms with E-state index in [4.69, 9.17) is 14.5 Å². The fraction of sp³-hybridized carbons (Fsp3) is 0.500. The lowest BCUT2D eigenvalue weighted by atomic mass is 10.2. The fourth-order valence-corrected chi connectivity index (χ4v) is 5.71. The Morgan fingerprint density at radius 3 is 2.86 bits per heavy atom. The molecule has 0 amide bonds. The average molecular weight is 418 g/mol. The molecule has 1 atom stereocenters. The number of hydrogen-bond donors (Lipinski definition) is 0. The van der Waals surface area contributed by atoms with Gasteiger partial charge in [-0.2, -0.15) is 0 Å². The second-order valence-electron chi connectivity index (χ2n) is 7.27. The summed E-state index contributed by atoms with van der Waals surface area (Å²) in [5, 5.41) is 4.86. The number of morpholine rings is 1. The van der Waals surface area contributed by atoms with Gasteiger partial charge in [0.1, 0.15) is 10.7 Å². The maximum absolute atomic E-state index is 13.6. The minimum Gasteiger partial charge on any atom is -0.379 e. The van der Waals surface area contributed by atoms with Crippen LogP contribution < -0.4 is 5.56 Å². The smallest absolute Gasteiger partial charge is 0.263 e. The number of rotatable bonds is 5. The summed E-state index contributed by atoms with van der Waals surface area (Å²) in [5.74, 6) is 0.842. The van der Waals surface area contributed by atoms with Crippen molar-refractivity contribution in [1.82, 2.24) is 14.5 Å². The van der Waals surface area contributed by atoms with Gasteiger partial charge in [-0.25, -0.2) is 4.98 Å². The Kier molecular flexibility index (Phi) is 5.30. The molecule has 0 aliphatic carbocycles. The molecule has 2 saturated heterocycles. The van der Waals surface area contributed by atoms with Gasteiger partial charge in [-0.3, -0.25) is 14.3 Å². The Morgan fingerprint density at radius 1 is 1.21 bits per heavy atom. The first-order chi connectivity index (χ1) is 13.8. The molecule has 8 heteroatoms. The molecule has 5 rings (SSSR count).